The van der Waals surface area contributed by atoms with Gasteiger partial charge in [-0.15, -0.1) is 34.0 Å². The van der Waals surface area contributed by atoms with Crippen molar-refractivity contribution in [3.05, 3.63) is 84.4 Å². The summed E-state index contributed by atoms with van der Waals surface area (Å²) in [7, 11) is 0. The number of hydrogen-bond donors (Lipinski definition) is 0. The van der Waals surface area contributed by atoms with Crippen LogP contribution < -0.4 is 0 Å². The maximum Gasteiger partial charge on any atom is 0.353 e. The third kappa shape index (κ3) is 4.06. The summed E-state index contributed by atoms with van der Waals surface area (Å²) in [5.74, 6) is 0.401. The van der Waals surface area contributed by atoms with Gasteiger partial charge in [-0.05, 0) is 60.0 Å². The minimum absolute atomic E-state index is 0.0907. The molecule has 0 N–H and O–H groups in total. The number of imidazole rings is 1. The van der Waals surface area contributed by atoms with Crippen molar-refractivity contribution in [2.75, 3.05) is 0 Å². The van der Waals surface area contributed by atoms with E-state index in [0.29, 0.717) is 21.3 Å². The molecule has 1 aliphatic carbocycles. The van der Waals surface area contributed by atoms with Crippen molar-refractivity contribution >= 4 is 57.7 Å². The molecule has 0 radical (unpaired) electrons. The van der Waals surface area contributed by atoms with Crippen LogP contribution in [-0.4, -0.2) is 21.4 Å². The van der Waals surface area contributed by atoms with Gasteiger partial charge in [0.15, 0.2) is 5.76 Å². The summed E-state index contributed by atoms with van der Waals surface area (Å²) in [6.45, 7) is 0. The Morgan fingerprint density at radius 2 is 1.55 bits per heavy atom. The molecule has 4 aromatic heterocycles. The van der Waals surface area contributed by atoms with Crippen LogP contribution in [0.25, 0.3) is 11.8 Å². The molecule has 5 nitrogen and oxygen atoms in total. The van der Waals surface area contributed by atoms with Crippen LogP contribution >= 0.6 is 34.0 Å². The normalized spacial score (nSPS) is 13.7. The van der Waals surface area contributed by atoms with Gasteiger partial charge in [0.05, 0.1) is 15.4 Å². The fourth-order valence-electron chi connectivity index (χ4n) is 3.63. The molecule has 0 amide bonds. The van der Waals surface area contributed by atoms with E-state index in [1.165, 1.54) is 34.0 Å². The van der Waals surface area contributed by atoms with Gasteiger partial charge in [-0.3, -0.25) is 9.36 Å². The highest BCUT2D eigenvalue weighted by atomic mass is 32.1. The van der Waals surface area contributed by atoms with Gasteiger partial charge < -0.3 is 4.74 Å². The van der Waals surface area contributed by atoms with Crippen molar-refractivity contribution in [1.29, 1.82) is 0 Å². The lowest BCUT2D eigenvalue weighted by Gasteiger charge is -2.13. The molecule has 0 spiro atoms. The summed E-state index contributed by atoms with van der Waals surface area (Å²) in [6.07, 6.45) is 5.48. The first-order valence-corrected chi connectivity index (χ1v) is 12.5. The highest BCUT2D eigenvalue weighted by Gasteiger charge is 2.25. The molecular formula is C23H18N2O3S3. The van der Waals surface area contributed by atoms with Crippen molar-refractivity contribution in [3.8, 4) is 0 Å². The van der Waals surface area contributed by atoms with Gasteiger partial charge in [-0.1, -0.05) is 18.2 Å². The maximum atomic E-state index is 13.3. The fraction of sp³-hybridized carbons (Fsp3) is 0.174. The van der Waals surface area contributed by atoms with E-state index in [2.05, 4.69) is 0 Å². The van der Waals surface area contributed by atoms with E-state index in [4.69, 9.17) is 9.72 Å². The second kappa shape index (κ2) is 8.74. The Morgan fingerprint density at radius 3 is 2.23 bits per heavy atom. The molecule has 0 fully saturated rings. The van der Waals surface area contributed by atoms with Gasteiger partial charge in [-0.25, -0.2) is 9.78 Å². The molecule has 8 heteroatoms. The zero-order valence-corrected chi connectivity index (χ0v) is 18.9. The SMILES string of the molecule is O=C(O/C(=C/c1nc2c(n1C(=O)c1cccs1)CCCC2)c1cccs1)c1cccs1. The van der Waals surface area contributed by atoms with E-state index in [9.17, 15) is 9.59 Å². The largest absolute Gasteiger partial charge is 0.421 e. The number of hydrogen-bond acceptors (Lipinski definition) is 7. The Hall–Kier alpha value is -2.81. The number of ether oxygens (including phenoxy) is 1. The van der Waals surface area contributed by atoms with Crippen molar-refractivity contribution < 1.29 is 14.3 Å². The molecule has 0 aliphatic heterocycles. The van der Waals surface area contributed by atoms with Crippen molar-refractivity contribution in [2.24, 2.45) is 0 Å². The number of rotatable bonds is 5. The van der Waals surface area contributed by atoms with Gasteiger partial charge in [0.25, 0.3) is 5.91 Å². The molecular weight excluding hydrogens is 448 g/mol. The predicted octanol–water partition coefficient (Wildman–Crippen LogP) is 5.99. The standard InChI is InChI=1S/C23H18N2O3S3/c26-22(19-9-4-12-30-19)25-16-7-2-1-6-15(16)24-21(25)14-17(18-8-3-11-29-18)28-23(27)20-10-5-13-31-20/h3-5,8-14H,1-2,6-7H2/b17-14+. The van der Waals surface area contributed by atoms with Gasteiger partial charge in [0.2, 0.25) is 0 Å². The van der Waals surface area contributed by atoms with Gasteiger partial charge in [-0.2, -0.15) is 0 Å². The van der Waals surface area contributed by atoms with E-state index in [1.807, 2.05) is 46.5 Å². The van der Waals surface area contributed by atoms with E-state index in [-0.39, 0.29) is 5.91 Å². The average Bonchev–Trinajstić information content (AvgIpc) is 3.58. The van der Waals surface area contributed by atoms with E-state index in [1.54, 1.807) is 16.7 Å². The van der Waals surface area contributed by atoms with Crippen molar-refractivity contribution in [1.82, 2.24) is 9.55 Å². The Bertz CT molecular complexity index is 1230. The monoisotopic (exact) mass is 466 g/mol. The Balaban J connectivity index is 1.60. The lowest BCUT2D eigenvalue weighted by molar-refractivity contribution is 0.0699. The molecule has 0 saturated carbocycles. The Labute approximate surface area is 191 Å². The summed E-state index contributed by atoms with van der Waals surface area (Å²) >= 11 is 4.22. The molecule has 31 heavy (non-hydrogen) atoms. The number of carbonyl (C=O) groups is 2. The maximum absolute atomic E-state index is 13.3. The van der Waals surface area contributed by atoms with Crippen LogP contribution in [0, 0.1) is 0 Å². The minimum atomic E-state index is -0.415. The van der Waals surface area contributed by atoms with E-state index < -0.39 is 5.97 Å². The molecule has 0 atom stereocenters. The van der Waals surface area contributed by atoms with E-state index in [0.717, 1.165) is 41.9 Å². The summed E-state index contributed by atoms with van der Waals surface area (Å²) < 4.78 is 7.48. The van der Waals surface area contributed by atoms with Crippen molar-refractivity contribution in [3.63, 3.8) is 0 Å². The Morgan fingerprint density at radius 1 is 0.903 bits per heavy atom. The number of nitrogens with zero attached hydrogens (tertiary/aromatic N) is 2. The second-order valence-electron chi connectivity index (χ2n) is 7.04. The van der Waals surface area contributed by atoms with E-state index >= 15 is 0 Å². The third-order valence-corrected chi connectivity index (χ3v) is 7.64. The van der Waals surface area contributed by atoms with Crippen LogP contribution in [0.4, 0.5) is 0 Å². The quantitative estimate of drug-likeness (QED) is 0.268. The second-order valence-corrected chi connectivity index (χ2v) is 9.88. The highest BCUT2D eigenvalue weighted by molar-refractivity contribution is 7.12. The molecule has 0 aromatic carbocycles. The topological polar surface area (TPSA) is 61.2 Å². The van der Waals surface area contributed by atoms with Crippen LogP contribution in [0.5, 0.6) is 0 Å². The van der Waals surface area contributed by atoms with Crippen LogP contribution in [0.1, 0.15) is 54.3 Å². The Kier molecular flexibility index (Phi) is 5.67. The summed E-state index contributed by atoms with van der Waals surface area (Å²) in [5, 5.41) is 5.66. The van der Waals surface area contributed by atoms with Crippen LogP contribution in [-0.2, 0) is 17.6 Å². The lowest BCUT2D eigenvalue weighted by Crippen LogP contribution is -2.17. The van der Waals surface area contributed by atoms with Crippen molar-refractivity contribution in [2.45, 2.75) is 25.7 Å². The van der Waals surface area contributed by atoms with Gasteiger partial charge in [0, 0.05) is 11.8 Å². The molecule has 1 aliphatic rings. The summed E-state index contributed by atoms with van der Waals surface area (Å²) in [5.41, 5.74) is 1.92. The molecule has 0 bridgehead atoms. The minimum Gasteiger partial charge on any atom is -0.421 e. The number of thiophene rings is 3. The molecule has 0 unspecified atom stereocenters. The number of aryl methyl sites for hydroxylation is 1. The molecule has 0 saturated heterocycles. The average molecular weight is 467 g/mol. The lowest BCUT2D eigenvalue weighted by atomic mass is 10.0. The number of fused-ring (bicyclic) bond motifs is 1. The molecule has 156 valence electrons. The number of esters is 1. The smallest absolute Gasteiger partial charge is 0.353 e. The zero-order chi connectivity index (χ0) is 21.2. The molecule has 4 heterocycles. The van der Waals surface area contributed by atoms with Crippen LogP contribution in [0.2, 0.25) is 0 Å². The van der Waals surface area contributed by atoms with Crippen LogP contribution in [0.15, 0.2) is 52.5 Å². The molecule has 4 aromatic rings. The highest BCUT2D eigenvalue weighted by Crippen LogP contribution is 2.29. The molecule has 5 rings (SSSR count). The fourth-order valence-corrected chi connectivity index (χ4v) is 5.56. The number of aromatic nitrogens is 2. The number of carbonyl (C=O) groups excluding carboxylic acids is 2. The third-order valence-electron chi connectivity index (χ3n) is 5.04. The zero-order valence-electron chi connectivity index (χ0n) is 16.4. The predicted molar refractivity (Wildman–Crippen MR) is 125 cm³/mol. The first kappa shape index (κ1) is 20.1. The van der Waals surface area contributed by atoms with Gasteiger partial charge in [0.1, 0.15) is 10.7 Å². The van der Waals surface area contributed by atoms with Crippen LogP contribution in [0.3, 0.4) is 0 Å². The summed E-state index contributed by atoms with van der Waals surface area (Å²) in [4.78, 5) is 32.8. The first-order chi connectivity index (χ1) is 15.2. The summed E-state index contributed by atoms with van der Waals surface area (Å²) in [6, 6.07) is 11.0. The first-order valence-electron chi connectivity index (χ1n) is 9.90. The van der Waals surface area contributed by atoms with Gasteiger partial charge >= 0.3 is 5.97 Å².